The van der Waals surface area contributed by atoms with Crippen molar-refractivity contribution in [2.45, 2.75) is 0 Å². The van der Waals surface area contributed by atoms with Crippen molar-refractivity contribution in [3.8, 4) is 11.3 Å². The number of benzene rings is 3. The molecular weight excluding hydrogens is 432 g/mol. The van der Waals surface area contributed by atoms with Crippen molar-refractivity contribution in [3.63, 3.8) is 0 Å². The Labute approximate surface area is 195 Å². The topological polar surface area (TPSA) is 98.9 Å². The van der Waals surface area contributed by atoms with Crippen LogP contribution in [0.4, 0.5) is 17.1 Å². The quantitative estimate of drug-likeness (QED) is 0.416. The third-order valence-electron chi connectivity index (χ3n) is 6.63. The molecule has 0 saturated carbocycles. The Morgan fingerprint density at radius 1 is 1.03 bits per heavy atom. The Morgan fingerprint density at radius 2 is 1.74 bits per heavy atom. The van der Waals surface area contributed by atoms with Gasteiger partial charge >= 0.3 is 5.97 Å². The maximum absolute atomic E-state index is 13.7. The molecule has 0 radical (unpaired) electrons. The Hall–Kier alpha value is -4.17. The number of carbonyl (C=O) groups is 2. The van der Waals surface area contributed by atoms with Crippen LogP contribution >= 0.6 is 0 Å². The minimum atomic E-state index is -0.985. The van der Waals surface area contributed by atoms with Gasteiger partial charge in [-0.2, -0.15) is 0 Å². The number of ketones is 1. The van der Waals surface area contributed by atoms with Gasteiger partial charge in [0.15, 0.2) is 11.5 Å². The first-order chi connectivity index (χ1) is 16.5. The van der Waals surface area contributed by atoms with Gasteiger partial charge in [-0.05, 0) is 37.4 Å². The van der Waals surface area contributed by atoms with E-state index in [-0.39, 0.29) is 11.3 Å². The van der Waals surface area contributed by atoms with Gasteiger partial charge in [0.25, 0.3) is 0 Å². The van der Waals surface area contributed by atoms with Crippen LogP contribution in [0.5, 0.6) is 0 Å². The summed E-state index contributed by atoms with van der Waals surface area (Å²) in [6.07, 6.45) is 0. The molecule has 8 heteroatoms. The number of rotatable bonds is 4. The van der Waals surface area contributed by atoms with Crippen LogP contribution in [0.25, 0.3) is 22.2 Å². The molecule has 2 aliphatic rings. The van der Waals surface area contributed by atoms with Gasteiger partial charge in [-0.15, -0.1) is 0 Å². The molecule has 6 rings (SSSR count). The number of nitrogens with zero attached hydrogens (tertiary/aromatic N) is 3. The molecule has 1 saturated heterocycles. The number of hydrogen-bond donors (Lipinski definition) is 2. The molecule has 2 heterocycles. The third kappa shape index (κ3) is 3.14. The molecule has 1 aliphatic carbocycles. The summed E-state index contributed by atoms with van der Waals surface area (Å²) in [4.78, 5) is 29.5. The molecule has 0 bridgehead atoms. The van der Waals surface area contributed by atoms with E-state index in [1.807, 2.05) is 24.3 Å². The number of hydrogen-bond acceptors (Lipinski definition) is 7. The monoisotopic (exact) mass is 454 g/mol. The van der Waals surface area contributed by atoms with E-state index in [1.54, 1.807) is 18.2 Å². The van der Waals surface area contributed by atoms with Crippen molar-refractivity contribution < 1.29 is 19.2 Å². The zero-order chi connectivity index (χ0) is 23.4. The summed E-state index contributed by atoms with van der Waals surface area (Å²) >= 11 is 0. The normalized spacial score (nSPS) is 15.4. The summed E-state index contributed by atoms with van der Waals surface area (Å²) in [5.74, 6) is -0.479. The maximum atomic E-state index is 13.7. The fourth-order valence-electron chi connectivity index (χ4n) is 4.78. The van der Waals surface area contributed by atoms with Gasteiger partial charge in [-0.1, -0.05) is 29.4 Å². The summed E-state index contributed by atoms with van der Waals surface area (Å²) in [7, 11) is 2.10. The number of carboxylic acids is 1. The van der Waals surface area contributed by atoms with Gasteiger partial charge in [0.1, 0.15) is 5.52 Å². The third-order valence-corrected chi connectivity index (χ3v) is 6.63. The van der Waals surface area contributed by atoms with Crippen LogP contribution < -0.4 is 10.2 Å². The van der Waals surface area contributed by atoms with Gasteiger partial charge in [0.05, 0.1) is 27.9 Å². The summed E-state index contributed by atoms with van der Waals surface area (Å²) < 4.78 is 5.84. The first kappa shape index (κ1) is 20.4. The molecule has 0 unspecified atom stereocenters. The molecular formula is C26H22N4O4. The molecule has 0 spiro atoms. The van der Waals surface area contributed by atoms with Crippen molar-refractivity contribution in [1.29, 1.82) is 0 Å². The number of piperazine rings is 1. The van der Waals surface area contributed by atoms with Crippen LogP contribution in [-0.4, -0.2) is 60.1 Å². The average Bonchev–Trinajstić information content (AvgIpc) is 3.29. The Kier molecular flexibility index (Phi) is 4.63. The van der Waals surface area contributed by atoms with Crippen LogP contribution in [0.1, 0.15) is 26.3 Å². The van der Waals surface area contributed by atoms with E-state index >= 15 is 0 Å². The second-order valence-corrected chi connectivity index (χ2v) is 8.73. The largest absolute Gasteiger partial charge is 0.478 e. The van der Waals surface area contributed by atoms with Crippen molar-refractivity contribution in [2.75, 3.05) is 43.4 Å². The molecule has 1 aliphatic heterocycles. The number of nitrogens with one attached hydrogen (secondary N) is 1. The molecule has 4 aromatic rings. The van der Waals surface area contributed by atoms with Gasteiger partial charge < -0.3 is 24.7 Å². The summed E-state index contributed by atoms with van der Waals surface area (Å²) in [6.45, 7) is 3.53. The Morgan fingerprint density at radius 3 is 2.44 bits per heavy atom. The summed E-state index contributed by atoms with van der Waals surface area (Å²) in [6, 6.07) is 15.9. The van der Waals surface area contributed by atoms with E-state index in [0.717, 1.165) is 37.4 Å². The van der Waals surface area contributed by atoms with Crippen LogP contribution in [0.3, 0.4) is 0 Å². The van der Waals surface area contributed by atoms with Crippen LogP contribution in [0.15, 0.2) is 59.1 Å². The zero-order valence-electron chi connectivity index (χ0n) is 18.5. The van der Waals surface area contributed by atoms with Crippen LogP contribution in [-0.2, 0) is 0 Å². The van der Waals surface area contributed by atoms with Crippen molar-refractivity contribution in [1.82, 2.24) is 10.1 Å². The fraction of sp³-hybridized carbons (Fsp3) is 0.192. The highest BCUT2D eigenvalue weighted by atomic mass is 16.5. The smallest absolute Gasteiger partial charge is 0.335 e. The number of fused-ring (bicyclic) bond motifs is 2. The molecule has 2 N–H and O–H groups in total. The zero-order valence-corrected chi connectivity index (χ0v) is 18.5. The number of anilines is 3. The summed E-state index contributed by atoms with van der Waals surface area (Å²) in [5, 5.41) is 17.7. The Balaban J connectivity index is 1.54. The Bertz CT molecular complexity index is 1450. The first-order valence-electron chi connectivity index (χ1n) is 11.2. The minimum Gasteiger partial charge on any atom is -0.478 e. The predicted octanol–water partition coefficient (Wildman–Crippen LogP) is 4.23. The number of aromatic nitrogens is 1. The van der Waals surface area contributed by atoms with Crippen molar-refractivity contribution in [3.05, 3.63) is 71.3 Å². The van der Waals surface area contributed by atoms with Gasteiger partial charge in [-0.25, -0.2) is 4.79 Å². The lowest BCUT2D eigenvalue weighted by molar-refractivity contribution is 0.0696. The molecule has 0 atom stereocenters. The van der Waals surface area contributed by atoms with Gasteiger partial charge in [0, 0.05) is 43.0 Å². The van der Waals surface area contributed by atoms with E-state index < -0.39 is 5.97 Å². The highest BCUT2D eigenvalue weighted by Gasteiger charge is 2.34. The molecule has 34 heavy (non-hydrogen) atoms. The number of carbonyl (C=O) groups excluding carboxylic acids is 1. The van der Waals surface area contributed by atoms with Gasteiger partial charge in [0.2, 0.25) is 0 Å². The van der Waals surface area contributed by atoms with Gasteiger partial charge in [-0.3, -0.25) is 4.79 Å². The second kappa shape index (κ2) is 7.71. The van der Waals surface area contributed by atoms with E-state index in [2.05, 4.69) is 27.3 Å². The molecule has 8 nitrogen and oxygen atoms in total. The predicted molar refractivity (Wildman–Crippen MR) is 129 cm³/mol. The van der Waals surface area contributed by atoms with E-state index in [4.69, 9.17) is 4.52 Å². The van der Waals surface area contributed by atoms with E-state index in [0.29, 0.717) is 39.2 Å². The molecule has 0 amide bonds. The van der Waals surface area contributed by atoms with E-state index in [1.165, 1.54) is 12.1 Å². The van der Waals surface area contributed by atoms with Crippen molar-refractivity contribution >= 4 is 39.7 Å². The average molecular weight is 454 g/mol. The first-order valence-corrected chi connectivity index (χ1v) is 11.2. The lowest BCUT2D eigenvalue weighted by atomic mass is 9.86. The fourth-order valence-corrected chi connectivity index (χ4v) is 4.78. The number of aromatic carboxylic acids is 1. The van der Waals surface area contributed by atoms with Crippen LogP contribution in [0, 0.1) is 0 Å². The minimum absolute atomic E-state index is 0.0918. The standard InChI is InChI=1S/C26H22N4O4/c1-29-10-12-30(13-11-29)20-14-19(27-16-8-6-15(7-9-16)26(32)33)21-22-23(20)28-34-25(22)18-5-3-2-4-17(18)24(21)31/h2-9,14,27H,10-13H2,1H3,(H,32,33). The number of carboxylic acid groups (broad SMARTS) is 1. The number of likely N-dealkylation sites (N-methyl/N-ethyl adjacent to an activating group) is 1. The highest BCUT2D eigenvalue weighted by Crippen LogP contribution is 2.46. The van der Waals surface area contributed by atoms with E-state index in [9.17, 15) is 14.7 Å². The highest BCUT2D eigenvalue weighted by molar-refractivity contribution is 6.28. The lowest BCUT2D eigenvalue weighted by Crippen LogP contribution is -2.44. The van der Waals surface area contributed by atoms with Crippen LogP contribution in [0.2, 0.25) is 0 Å². The molecule has 3 aromatic carbocycles. The lowest BCUT2D eigenvalue weighted by Gasteiger charge is -2.34. The summed E-state index contributed by atoms with van der Waals surface area (Å²) in [5.41, 5.74) is 4.97. The molecule has 170 valence electrons. The molecule has 1 fully saturated rings. The maximum Gasteiger partial charge on any atom is 0.335 e. The SMILES string of the molecule is CN1CCN(c2cc(Nc3ccc(C(=O)O)cc3)c3c4c(onc24)-c2ccccc2C3=O)CC1. The second-order valence-electron chi connectivity index (χ2n) is 8.73. The molecule has 1 aromatic heterocycles. The van der Waals surface area contributed by atoms with Crippen molar-refractivity contribution in [2.24, 2.45) is 0 Å².